The summed E-state index contributed by atoms with van der Waals surface area (Å²) in [5, 5.41) is 9.76. The Morgan fingerprint density at radius 3 is 2.47 bits per heavy atom. The average molecular weight is 522 g/mol. The molecule has 0 spiro atoms. The number of pyridine rings is 1. The van der Waals surface area contributed by atoms with Crippen LogP contribution in [0.4, 0.5) is 5.82 Å². The van der Waals surface area contributed by atoms with E-state index in [1.807, 2.05) is 31.2 Å². The number of hydrogen-bond acceptors (Lipinski definition) is 7. The van der Waals surface area contributed by atoms with Gasteiger partial charge in [-0.1, -0.05) is 54.3 Å². The molecule has 0 saturated carbocycles. The zero-order valence-corrected chi connectivity index (χ0v) is 22.6. The molecule has 1 aromatic heterocycles. The van der Waals surface area contributed by atoms with Gasteiger partial charge in [0.1, 0.15) is 21.8 Å². The molecule has 0 unspecified atom stereocenters. The number of hydrogen-bond donors (Lipinski definition) is 0. The molecule has 1 aromatic carbocycles. The van der Waals surface area contributed by atoms with Crippen molar-refractivity contribution in [3.63, 3.8) is 0 Å². The van der Waals surface area contributed by atoms with Crippen LogP contribution in [0.1, 0.15) is 35.6 Å². The third kappa shape index (κ3) is 5.26. The van der Waals surface area contributed by atoms with E-state index in [0.29, 0.717) is 27.9 Å². The fourth-order valence-corrected chi connectivity index (χ4v) is 6.00. The van der Waals surface area contributed by atoms with Gasteiger partial charge in [0.2, 0.25) is 0 Å². The lowest BCUT2D eigenvalue weighted by atomic mass is 10.0. The van der Waals surface area contributed by atoms with Gasteiger partial charge in [0, 0.05) is 44.8 Å². The first-order valence-corrected chi connectivity index (χ1v) is 13.5. The number of amides is 1. The number of nitrogens with zero attached hydrogens (tertiary/aromatic N) is 5. The summed E-state index contributed by atoms with van der Waals surface area (Å²) in [6.45, 7) is 7.99. The van der Waals surface area contributed by atoms with E-state index >= 15 is 0 Å². The Hall–Kier alpha value is -2.93. The first kappa shape index (κ1) is 26.1. The predicted octanol–water partition coefficient (Wildman–Crippen LogP) is 3.63. The lowest BCUT2D eigenvalue weighted by molar-refractivity contribution is -0.122. The lowest BCUT2D eigenvalue weighted by Crippen LogP contribution is -2.47. The van der Waals surface area contributed by atoms with Crippen LogP contribution in [-0.4, -0.2) is 64.4 Å². The molecule has 2 aromatic rings. The topological polar surface area (TPSA) is 72.6 Å². The van der Waals surface area contributed by atoms with E-state index in [1.54, 1.807) is 16.4 Å². The first-order chi connectivity index (χ1) is 17.3. The molecule has 3 heterocycles. The first-order valence-electron chi connectivity index (χ1n) is 12.3. The molecule has 0 atom stereocenters. The highest BCUT2D eigenvalue weighted by atomic mass is 32.2. The maximum atomic E-state index is 13.4. The second-order valence-corrected chi connectivity index (χ2v) is 10.8. The van der Waals surface area contributed by atoms with E-state index in [-0.39, 0.29) is 17.0 Å². The molecule has 36 heavy (non-hydrogen) atoms. The van der Waals surface area contributed by atoms with Crippen molar-refractivity contribution in [3.05, 3.63) is 67.8 Å². The Kier molecular flexibility index (Phi) is 8.29. The van der Waals surface area contributed by atoms with Crippen molar-refractivity contribution in [2.45, 2.75) is 33.2 Å². The summed E-state index contributed by atoms with van der Waals surface area (Å²) in [7, 11) is 2.08. The minimum atomic E-state index is -0.281. The van der Waals surface area contributed by atoms with Crippen LogP contribution in [0.25, 0.3) is 6.08 Å². The number of carbonyl (C=O) groups is 1. The van der Waals surface area contributed by atoms with Crippen LogP contribution in [0.2, 0.25) is 0 Å². The number of likely N-dealkylation sites (N-methyl/N-ethyl adjacent to an activating group) is 1. The van der Waals surface area contributed by atoms with Gasteiger partial charge in [-0.25, -0.2) is 0 Å². The summed E-state index contributed by atoms with van der Waals surface area (Å²) < 4.78 is 2.21. The van der Waals surface area contributed by atoms with Gasteiger partial charge in [-0.05, 0) is 50.9 Å². The molecule has 9 heteroatoms. The summed E-state index contributed by atoms with van der Waals surface area (Å²) in [4.78, 5) is 33.2. The molecule has 2 saturated heterocycles. The molecule has 0 bridgehead atoms. The van der Waals surface area contributed by atoms with Crippen LogP contribution in [0.5, 0.6) is 0 Å². The number of aromatic nitrogens is 1. The molecule has 0 N–H and O–H groups in total. The van der Waals surface area contributed by atoms with E-state index < -0.39 is 0 Å². The highest BCUT2D eigenvalue weighted by Crippen LogP contribution is 2.36. The van der Waals surface area contributed by atoms with Crippen LogP contribution >= 0.6 is 24.0 Å². The molecular weight excluding hydrogens is 490 g/mol. The van der Waals surface area contributed by atoms with Gasteiger partial charge in [0.25, 0.3) is 11.5 Å². The van der Waals surface area contributed by atoms with E-state index in [9.17, 15) is 14.9 Å². The number of piperazine rings is 1. The normalized spacial score (nSPS) is 17.8. The van der Waals surface area contributed by atoms with Crippen LogP contribution in [-0.2, 0) is 17.8 Å². The zero-order valence-electron chi connectivity index (χ0n) is 21.0. The largest absolute Gasteiger partial charge is 0.355 e. The summed E-state index contributed by atoms with van der Waals surface area (Å²) in [5.41, 5.74) is 2.44. The summed E-state index contributed by atoms with van der Waals surface area (Å²) in [6.07, 6.45) is 3.52. The van der Waals surface area contributed by atoms with Crippen molar-refractivity contribution in [3.8, 4) is 6.07 Å². The second-order valence-electron chi connectivity index (χ2n) is 9.11. The van der Waals surface area contributed by atoms with Crippen LogP contribution in [0.15, 0.2) is 40.0 Å². The summed E-state index contributed by atoms with van der Waals surface area (Å²) in [5.74, 6) is 0.663. The monoisotopic (exact) mass is 521 g/mol. The number of nitriles is 1. The van der Waals surface area contributed by atoms with E-state index in [1.165, 1.54) is 17.3 Å². The quantitative estimate of drug-likeness (QED) is 0.407. The van der Waals surface area contributed by atoms with Crippen LogP contribution in [0, 0.1) is 18.3 Å². The number of rotatable bonds is 7. The number of thioether (sulfide) groups is 1. The molecule has 2 fully saturated rings. The van der Waals surface area contributed by atoms with E-state index in [0.717, 1.165) is 50.4 Å². The van der Waals surface area contributed by atoms with Crippen molar-refractivity contribution in [2.75, 3.05) is 44.7 Å². The Balaban J connectivity index is 1.67. The SMILES string of the molecule is CCn1c(N2CCN(C)CC2)c(/C=C2\SC(=S)N(CCCc3ccccc3)C2=O)c(C)c(C#N)c1=O. The maximum Gasteiger partial charge on any atom is 0.270 e. The molecular formula is C27H31N5O2S2. The van der Waals surface area contributed by atoms with Crippen molar-refractivity contribution in [1.29, 1.82) is 5.26 Å². The van der Waals surface area contributed by atoms with E-state index in [2.05, 4.69) is 35.0 Å². The maximum absolute atomic E-state index is 13.4. The van der Waals surface area contributed by atoms with Crippen LogP contribution < -0.4 is 10.5 Å². The molecule has 2 aliphatic rings. The molecule has 4 rings (SSSR count). The molecule has 7 nitrogen and oxygen atoms in total. The minimum Gasteiger partial charge on any atom is -0.355 e. The van der Waals surface area contributed by atoms with Crippen molar-refractivity contribution in [2.24, 2.45) is 0 Å². The minimum absolute atomic E-state index is 0.116. The van der Waals surface area contributed by atoms with Gasteiger partial charge >= 0.3 is 0 Å². The molecule has 1 amide bonds. The fourth-order valence-electron chi connectivity index (χ4n) is 4.71. The van der Waals surface area contributed by atoms with Gasteiger partial charge in [-0.2, -0.15) is 5.26 Å². The highest BCUT2D eigenvalue weighted by Gasteiger charge is 2.33. The van der Waals surface area contributed by atoms with Gasteiger partial charge in [0.15, 0.2) is 0 Å². The summed E-state index contributed by atoms with van der Waals surface area (Å²) >= 11 is 6.86. The van der Waals surface area contributed by atoms with Gasteiger partial charge in [0.05, 0.1) is 4.91 Å². The number of anilines is 1. The fraction of sp³-hybridized carbons (Fsp3) is 0.407. The number of thiocarbonyl (C=S) groups is 1. The van der Waals surface area contributed by atoms with E-state index in [4.69, 9.17) is 12.2 Å². The Morgan fingerprint density at radius 2 is 1.83 bits per heavy atom. The standard InChI is InChI=1S/C27H31N5O2S2/c1-4-31-24(30-15-13-29(3)14-16-30)21(19(2)22(18-28)25(31)33)17-23-26(34)32(27(35)36-23)12-8-11-20-9-6-5-7-10-20/h5-7,9-10,17H,4,8,11-16H2,1-3H3/b23-17-. The summed E-state index contributed by atoms with van der Waals surface area (Å²) in [6, 6.07) is 12.3. The Labute approximate surface area is 222 Å². The highest BCUT2D eigenvalue weighted by molar-refractivity contribution is 8.26. The van der Waals surface area contributed by atoms with Crippen molar-refractivity contribution < 1.29 is 4.79 Å². The van der Waals surface area contributed by atoms with Crippen LogP contribution in [0.3, 0.4) is 0 Å². The van der Waals surface area contributed by atoms with Gasteiger partial charge in [-0.15, -0.1) is 0 Å². The average Bonchev–Trinajstić information content (AvgIpc) is 3.14. The molecule has 0 radical (unpaired) electrons. The Morgan fingerprint density at radius 1 is 1.14 bits per heavy atom. The second kappa shape index (κ2) is 11.4. The lowest BCUT2D eigenvalue weighted by Gasteiger charge is -2.36. The molecule has 188 valence electrons. The predicted molar refractivity (Wildman–Crippen MR) is 150 cm³/mol. The Bertz CT molecular complexity index is 1290. The van der Waals surface area contributed by atoms with Gasteiger partial charge in [-0.3, -0.25) is 19.1 Å². The van der Waals surface area contributed by atoms with Crippen molar-refractivity contribution in [1.82, 2.24) is 14.4 Å². The van der Waals surface area contributed by atoms with Crippen molar-refractivity contribution >= 4 is 46.1 Å². The van der Waals surface area contributed by atoms with Gasteiger partial charge < -0.3 is 9.80 Å². The number of carbonyl (C=O) groups excluding carboxylic acids is 1. The number of aryl methyl sites for hydroxylation is 1. The molecule has 2 aliphatic heterocycles. The zero-order chi connectivity index (χ0) is 25.8. The third-order valence-electron chi connectivity index (χ3n) is 6.80. The molecule has 0 aliphatic carbocycles. The number of benzene rings is 1. The smallest absolute Gasteiger partial charge is 0.270 e. The third-order valence-corrected chi connectivity index (χ3v) is 8.18.